The maximum Gasteiger partial charge on any atom is 0.231 e. The summed E-state index contributed by atoms with van der Waals surface area (Å²) in [6.45, 7) is 2.43. The van der Waals surface area contributed by atoms with Gasteiger partial charge in [0.2, 0.25) is 6.79 Å². The van der Waals surface area contributed by atoms with E-state index < -0.39 is 0 Å². The first-order chi connectivity index (χ1) is 10.9. The molecule has 4 heteroatoms. The molecule has 2 fully saturated rings. The van der Waals surface area contributed by atoms with Gasteiger partial charge < -0.3 is 20.1 Å². The molecule has 1 aromatic rings. The van der Waals surface area contributed by atoms with Gasteiger partial charge in [-0.15, -0.1) is 0 Å². The van der Waals surface area contributed by atoms with Gasteiger partial charge in [-0.3, -0.25) is 0 Å². The minimum Gasteiger partial charge on any atom is -0.454 e. The van der Waals surface area contributed by atoms with Gasteiger partial charge in [-0.05, 0) is 44.2 Å². The number of benzene rings is 1. The van der Waals surface area contributed by atoms with E-state index in [2.05, 4.69) is 22.8 Å². The van der Waals surface area contributed by atoms with Gasteiger partial charge in [-0.2, -0.15) is 0 Å². The maximum absolute atomic E-state index is 5.61. The van der Waals surface area contributed by atoms with Crippen LogP contribution < -0.4 is 20.1 Å². The summed E-state index contributed by atoms with van der Waals surface area (Å²) in [5.41, 5.74) is 1.22. The van der Waals surface area contributed by atoms with Crippen molar-refractivity contribution in [1.82, 2.24) is 10.6 Å². The molecule has 120 valence electrons. The first kappa shape index (κ1) is 14.3. The molecule has 3 atom stereocenters. The van der Waals surface area contributed by atoms with Gasteiger partial charge in [-0.1, -0.05) is 25.0 Å². The van der Waals surface area contributed by atoms with E-state index in [0.717, 1.165) is 30.0 Å². The Morgan fingerprint density at radius 1 is 1.09 bits per heavy atom. The zero-order chi connectivity index (χ0) is 14.8. The second-order valence-corrected chi connectivity index (χ2v) is 6.79. The zero-order valence-electron chi connectivity index (χ0n) is 13.1. The fourth-order valence-electron chi connectivity index (χ4n) is 4.34. The number of ether oxygens (including phenoxy) is 2. The molecule has 4 rings (SSSR count). The van der Waals surface area contributed by atoms with E-state index in [1.165, 1.54) is 50.6 Å². The molecule has 4 nitrogen and oxygen atoms in total. The molecule has 0 aromatic heterocycles. The average molecular weight is 302 g/mol. The summed E-state index contributed by atoms with van der Waals surface area (Å²) in [6, 6.07) is 7.53. The molecule has 22 heavy (non-hydrogen) atoms. The molecule has 0 amide bonds. The lowest BCUT2D eigenvalue weighted by Gasteiger charge is -2.33. The maximum atomic E-state index is 5.61. The highest BCUT2D eigenvalue weighted by Gasteiger charge is 2.34. The molecule has 0 radical (unpaired) electrons. The third-order valence-electron chi connectivity index (χ3n) is 5.47. The standard InChI is InChI=1S/C18H26N2O2/c1-2-10-19-15(7-1)14-6-4-8-16(14)20-11-13-5-3-9-17-18(13)22-12-21-17/h3,5,9,14-16,19-20H,1-2,4,6-8,10-12H2. The van der Waals surface area contributed by atoms with Crippen LogP contribution in [0.25, 0.3) is 0 Å². The average Bonchev–Trinajstić information content (AvgIpc) is 3.23. The number of piperidine rings is 1. The molecule has 1 saturated carbocycles. The number of para-hydroxylation sites is 1. The Hall–Kier alpha value is -1.26. The van der Waals surface area contributed by atoms with Crippen LogP contribution in [0.1, 0.15) is 44.1 Å². The highest BCUT2D eigenvalue weighted by molar-refractivity contribution is 5.48. The van der Waals surface area contributed by atoms with Crippen LogP contribution in [-0.4, -0.2) is 25.4 Å². The van der Waals surface area contributed by atoms with Crippen molar-refractivity contribution >= 4 is 0 Å². The lowest BCUT2D eigenvalue weighted by atomic mass is 9.88. The second kappa shape index (κ2) is 6.47. The molecular formula is C18H26N2O2. The normalized spacial score (nSPS) is 30.6. The summed E-state index contributed by atoms with van der Waals surface area (Å²) in [5, 5.41) is 7.55. The highest BCUT2D eigenvalue weighted by atomic mass is 16.7. The molecule has 2 aliphatic heterocycles. The summed E-state index contributed by atoms with van der Waals surface area (Å²) in [6.07, 6.45) is 8.09. The van der Waals surface area contributed by atoms with Crippen molar-refractivity contribution in [3.8, 4) is 11.5 Å². The number of rotatable bonds is 4. The topological polar surface area (TPSA) is 42.5 Å². The van der Waals surface area contributed by atoms with E-state index in [1.54, 1.807) is 0 Å². The van der Waals surface area contributed by atoms with E-state index in [4.69, 9.17) is 9.47 Å². The molecule has 0 spiro atoms. The number of fused-ring (bicyclic) bond motifs is 1. The molecule has 2 N–H and O–H groups in total. The Kier molecular flexibility index (Phi) is 4.22. The lowest BCUT2D eigenvalue weighted by molar-refractivity contribution is 0.173. The van der Waals surface area contributed by atoms with Gasteiger partial charge in [0, 0.05) is 24.2 Å². The van der Waals surface area contributed by atoms with Crippen molar-refractivity contribution in [2.75, 3.05) is 13.3 Å². The summed E-state index contributed by atoms with van der Waals surface area (Å²) in [7, 11) is 0. The van der Waals surface area contributed by atoms with Crippen LogP contribution in [0, 0.1) is 5.92 Å². The minimum atomic E-state index is 0.352. The van der Waals surface area contributed by atoms with Gasteiger partial charge in [0.15, 0.2) is 11.5 Å². The Balaban J connectivity index is 1.39. The van der Waals surface area contributed by atoms with Gasteiger partial charge in [0.05, 0.1) is 0 Å². The largest absolute Gasteiger partial charge is 0.454 e. The Bertz CT molecular complexity index is 514. The van der Waals surface area contributed by atoms with Crippen LogP contribution in [0.5, 0.6) is 11.5 Å². The molecule has 3 unspecified atom stereocenters. The first-order valence-corrected chi connectivity index (χ1v) is 8.76. The van der Waals surface area contributed by atoms with Crippen LogP contribution in [0.3, 0.4) is 0 Å². The summed E-state index contributed by atoms with van der Waals surface area (Å²) < 4.78 is 11.1. The highest BCUT2D eigenvalue weighted by Crippen LogP contribution is 2.36. The summed E-state index contributed by atoms with van der Waals surface area (Å²) >= 11 is 0. The van der Waals surface area contributed by atoms with Crippen molar-refractivity contribution in [3.63, 3.8) is 0 Å². The quantitative estimate of drug-likeness (QED) is 0.897. The van der Waals surface area contributed by atoms with Gasteiger partial charge in [0.1, 0.15) is 0 Å². The zero-order valence-corrected chi connectivity index (χ0v) is 13.1. The predicted octanol–water partition coefficient (Wildman–Crippen LogP) is 2.82. The lowest BCUT2D eigenvalue weighted by Crippen LogP contribution is -2.46. The number of nitrogens with one attached hydrogen (secondary N) is 2. The van der Waals surface area contributed by atoms with E-state index in [0.29, 0.717) is 12.8 Å². The van der Waals surface area contributed by atoms with E-state index in [-0.39, 0.29) is 0 Å². The van der Waals surface area contributed by atoms with Gasteiger partial charge in [-0.25, -0.2) is 0 Å². The monoisotopic (exact) mass is 302 g/mol. The minimum absolute atomic E-state index is 0.352. The Morgan fingerprint density at radius 2 is 2.09 bits per heavy atom. The van der Waals surface area contributed by atoms with Crippen molar-refractivity contribution in [1.29, 1.82) is 0 Å². The molecule has 1 aliphatic carbocycles. The Morgan fingerprint density at radius 3 is 3.00 bits per heavy atom. The van der Waals surface area contributed by atoms with Crippen LogP contribution in [0.2, 0.25) is 0 Å². The third kappa shape index (κ3) is 2.82. The summed E-state index contributed by atoms with van der Waals surface area (Å²) in [5.74, 6) is 2.60. The van der Waals surface area contributed by atoms with Crippen LogP contribution in [0.4, 0.5) is 0 Å². The van der Waals surface area contributed by atoms with Crippen molar-refractivity contribution in [2.45, 2.75) is 57.2 Å². The van der Waals surface area contributed by atoms with E-state index >= 15 is 0 Å². The van der Waals surface area contributed by atoms with Crippen LogP contribution in [-0.2, 0) is 6.54 Å². The molecule has 2 heterocycles. The smallest absolute Gasteiger partial charge is 0.231 e. The second-order valence-electron chi connectivity index (χ2n) is 6.79. The number of hydrogen-bond donors (Lipinski definition) is 2. The van der Waals surface area contributed by atoms with Crippen LogP contribution in [0.15, 0.2) is 18.2 Å². The fourth-order valence-corrected chi connectivity index (χ4v) is 4.34. The van der Waals surface area contributed by atoms with Crippen molar-refractivity contribution in [2.24, 2.45) is 5.92 Å². The fraction of sp³-hybridized carbons (Fsp3) is 0.667. The molecule has 1 saturated heterocycles. The summed E-state index contributed by atoms with van der Waals surface area (Å²) in [4.78, 5) is 0. The van der Waals surface area contributed by atoms with Crippen molar-refractivity contribution in [3.05, 3.63) is 23.8 Å². The third-order valence-corrected chi connectivity index (χ3v) is 5.47. The van der Waals surface area contributed by atoms with Crippen LogP contribution >= 0.6 is 0 Å². The Labute approximate surface area is 132 Å². The number of hydrogen-bond acceptors (Lipinski definition) is 4. The molecular weight excluding hydrogens is 276 g/mol. The van der Waals surface area contributed by atoms with Gasteiger partial charge in [0.25, 0.3) is 0 Å². The van der Waals surface area contributed by atoms with Crippen molar-refractivity contribution < 1.29 is 9.47 Å². The molecule has 1 aromatic carbocycles. The SMILES string of the molecule is c1cc(CNC2CCCC2C2CCCCN2)c2c(c1)OCO2. The molecule has 0 bridgehead atoms. The van der Waals surface area contributed by atoms with E-state index in [9.17, 15) is 0 Å². The molecule has 3 aliphatic rings. The first-order valence-electron chi connectivity index (χ1n) is 8.76. The predicted molar refractivity (Wildman–Crippen MR) is 86.2 cm³/mol. The van der Waals surface area contributed by atoms with E-state index in [1.807, 2.05) is 6.07 Å². The van der Waals surface area contributed by atoms with Gasteiger partial charge >= 0.3 is 0 Å².